The van der Waals surface area contributed by atoms with E-state index in [9.17, 15) is 69.2 Å². The quantitative estimate of drug-likeness (QED) is 0.0466. The van der Waals surface area contributed by atoms with Gasteiger partial charge >= 0.3 is 94.6 Å². The van der Waals surface area contributed by atoms with Gasteiger partial charge in [0, 0.05) is 0 Å². The van der Waals surface area contributed by atoms with Crippen molar-refractivity contribution in [3.05, 3.63) is 109 Å². The molecule has 0 saturated heterocycles. The van der Waals surface area contributed by atoms with Gasteiger partial charge in [-0.15, -0.1) is 25.6 Å². The van der Waals surface area contributed by atoms with Crippen LogP contribution in [0.1, 0.15) is 10.4 Å². The summed E-state index contributed by atoms with van der Waals surface area (Å²) in [7, 11) is -11.4. The molecule has 0 aliphatic rings. The molecule has 26 nitrogen and oxygen atoms in total. The number of methoxy groups -OCH3 is 3. The minimum atomic E-state index is -5.33. The maximum Gasteiger partial charge on any atom is 1.00 e. The van der Waals surface area contributed by atoms with Crippen LogP contribution in [0.2, 0.25) is 0 Å². The van der Waals surface area contributed by atoms with Crippen molar-refractivity contribution in [3.8, 4) is 51.4 Å². The minimum Gasteiger partial charge on any atom is -0.872 e. The van der Waals surface area contributed by atoms with Crippen LogP contribution in [0.3, 0.4) is 0 Å². The maximum absolute atomic E-state index is 13.5. The van der Waals surface area contributed by atoms with Gasteiger partial charge in [0.15, 0.2) is 5.75 Å². The number of aromatic carboxylic acids is 1. The van der Waals surface area contributed by atoms with Crippen LogP contribution < -0.4 is 118 Å². The Balaban J connectivity index is 0.00000416. The molecule has 0 aromatic heterocycles. The standard InChI is InChI=1S/C44H34N8O18S3.3Na/c1-68-35-13-7-25(71(59,60)61)19-31(35)49-51-40-34(54)12-10-30(42(40)55)48-50-32-20-26(72(62,63)64)14-23-17-38(73(65,66)67)41(43(56)39(23)32)52-47-29-9-5-22(16-37(29)70-3)21-4-8-28(36(15-21)69-2)46-45-24-6-11-33(53)27(18-24)44(57)58;;;/h4-20,53-56H,1-3H3,(H,57,58)(H,59,60,61)(H,62,63,64)(H,65,66,67);;;/q;3*+1/p-3. The molecule has 0 spiro atoms. The average Bonchev–Trinajstić information content (AvgIpc) is 3.34. The van der Waals surface area contributed by atoms with Crippen LogP contribution in [-0.2, 0) is 30.4 Å². The largest absolute Gasteiger partial charge is 1.00 e. The number of phenols is 1. The Morgan fingerprint density at radius 2 is 0.987 bits per heavy atom. The first-order chi connectivity index (χ1) is 34.4. The van der Waals surface area contributed by atoms with Crippen LogP contribution >= 0.6 is 0 Å². The summed E-state index contributed by atoms with van der Waals surface area (Å²) in [6.07, 6.45) is 0. The summed E-state index contributed by atoms with van der Waals surface area (Å²) < 4.78 is 119. The number of hydrogen-bond donors (Lipinski definition) is 5. The summed E-state index contributed by atoms with van der Waals surface area (Å²) in [6.45, 7) is 0. The van der Waals surface area contributed by atoms with Crippen molar-refractivity contribution < 1.29 is 172 Å². The Morgan fingerprint density at radius 1 is 0.487 bits per heavy atom. The van der Waals surface area contributed by atoms with Gasteiger partial charge in [-0.3, -0.25) is 13.7 Å². The molecule has 0 aliphatic carbocycles. The van der Waals surface area contributed by atoms with Gasteiger partial charge < -0.3 is 39.7 Å². The summed E-state index contributed by atoms with van der Waals surface area (Å²) >= 11 is 0. The maximum atomic E-state index is 13.5. The molecular weight excluding hydrogens is 1090 g/mol. The number of rotatable bonds is 16. The first kappa shape index (κ1) is 62.5. The summed E-state index contributed by atoms with van der Waals surface area (Å²) in [5, 5.41) is 89.1. The van der Waals surface area contributed by atoms with E-state index in [2.05, 4.69) is 40.9 Å². The van der Waals surface area contributed by atoms with Gasteiger partial charge in [-0.05, 0) is 95.4 Å². The Morgan fingerprint density at radius 3 is 1.54 bits per heavy atom. The number of hydrogen-bond acceptors (Lipinski definition) is 22. The monoisotopic (exact) mass is 1120 g/mol. The first-order valence-electron chi connectivity index (χ1n) is 19.9. The summed E-state index contributed by atoms with van der Waals surface area (Å²) in [4.78, 5) is 8.71. The van der Waals surface area contributed by atoms with E-state index in [1.807, 2.05) is 0 Å². The topological polar surface area (TPSA) is 416 Å². The molecule has 32 heteroatoms. The summed E-state index contributed by atoms with van der Waals surface area (Å²) in [6, 6.07) is 19.3. The van der Waals surface area contributed by atoms with Gasteiger partial charge in [0.1, 0.15) is 44.9 Å². The molecule has 5 N–H and O–H groups in total. The Hall–Kier alpha value is -6.00. The molecule has 376 valence electrons. The Labute approximate surface area is 496 Å². The van der Waals surface area contributed by atoms with Gasteiger partial charge in [0.25, 0.3) is 30.4 Å². The van der Waals surface area contributed by atoms with E-state index in [4.69, 9.17) is 14.2 Å². The number of benzene rings is 7. The number of ether oxygens (including phenoxy) is 3. The van der Waals surface area contributed by atoms with Gasteiger partial charge in [0.05, 0.1) is 64.8 Å². The van der Waals surface area contributed by atoms with Crippen LogP contribution in [0.4, 0.5) is 45.5 Å². The van der Waals surface area contributed by atoms with Gasteiger partial charge in [0.2, 0.25) is 0 Å². The van der Waals surface area contributed by atoms with E-state index in [1.54, 1.807) is 18.2 Å². The van der Waals surface area contributed by atoms with E-state index < -0.39 is 113 Å². The normalized spacial score (nSPS) is 11.9. The smallest absolute Gasteiger partial charge is 0.872 e. The molecule has 7 aromatic carbocycles. The van der Waals surface area contributed by atoms with E-state index >= 15 is 0 Å². The second-order valence-corrected chi connectivity index (χ2v) is 18.9. The molecule has 0 bridgehead atoms. The number of phenolic OH excluding ortho intramolecular Hbond substituents is 1. The third kappa shape index (κ3) is 14.1. The van der Waals surface area contributed by atoms with Crippen molar-refractivity contribution >= 4 is 92.6 Å². The summed E-state index contributed by atoms with van der Waals surface area (Å²) in [5.41, 5.74) is -2.67. The number of fused-ring (bicyclic) bond motifs is 1. The van der Waals surface area contributed by atoms with Crippen LogP contribution in [0.5, 0.6) is 40.2 Å². The molecule has 0 heterocycles. The molecule has 0 unspecified atom stereocenters. The van der Waals surface area contributed by atoms with Gasteiger partial charge in [-0.2, -0.15) is 40.6 Å². The Kier molecular flexibility index (Phi) is 20.9. The first-order valence-corrected chi connectivity index (χ1v) is 24.3. The molecule has 0 atom stereocenters. The van der Waals surface area contributed by atoms with Crippen molar-refractivity contribution in [1.29, 1.82) is 0 Å². The fourth-order valence-corrected chi connectivity index (χ4v) is 8.33. The predicted molar refractivity (Wildman–Crippen MR) is 248 cm³/mol. The number of carbonyl (C=O) groups is 1. The van der Waals surface area contributed by atoms with Crippen LogP contribution in [0.25, 0.3) is 21.9 Å². The van der Waals surface area contributed by atoms with Crippen molar-refractivity contribution in [2.45, 2.75) is 14.7 Å². The Bertz CT molecular complexity index is 3910. The zero-order valence-electron chi connectivity index (χ0n) is 40.2. The van der Waals surface area contributed by atoms with Crippen molar-refractivity contribution in [3.63, 3.8) is 0 Å². The third-order valence-electron chi connectivity index (χ3n) is 10.1. The van der Waals surface area contributed by atoms with E-state index in [0.29, 0.717) is 29.3 Å². The molecule has 0 aliphatic heterocycles. The molecule has 7 aromatic rings. The molecular formula is C44H31N8Na3O18S3. The van der Waals surface area contributed by atoms with Crippen molar-refractivity contribution in [2.75, 3.05) is 21.3 Å². The second kappa shape index (κ2) is 25.4. The van der Waals surface area contributed by atoms with Crippen molar-refractivity contribution in [2.24, 2.45) is 40.9 Å². The van der Waals surface area contributed by atoms with E-state index in [0.717, 1.165) is 42.5 Å². The number of nitrogens with zero attached hydrogens (tertiary/aromatic N) is 8. The number of carboxylic acid groups (broad SMARTS) is 1. The number of azo groups is 4. The molecule has 0 amide bonds. The molecule has 0 radical (unpaired) electrons. The second-order valence-electron chi connectivity index (χ2n) is 14.7. The molecule has 76 heavy (non-hydrogen) atoms. The van der Waals surface area contributed by atoms with E-state index in [-0.39, 0.29) is 129 Å². The molecule has 7 rings (SSSR count). The van der Waals surface area contributed by atoms with Crippen LogP contribution in [0, 0.1) is 0 Å². The SMILES string of the molecule is COc1cc(-c2ccc(N=Nc3c(S(=O)(=O)O)cc4cc(S(=O)(=O)O)cc(N=Nc5ccc([O-])c(N=Nc6cc(S(=O)(=O)O)ccc6OC)c5[O-])c4c3O)c(OC)c2)ccc1N=Nc1ccc([O-])c(C(=O)O)c1.[Na+].[Na+].[Na+]. The van der Waals surface area contributed by atoms with Gasteiger partial charge in [-0.25, -0.2) is 4.79 Å². The fraction of sp³-hybridized carbons (Fsp3) is 0.0682. The predicted octanol–water partition coefficient (Wildman–Crippen LogP) is -0.429. The minimum absolute atomic E-state index is 0. The van der Waals surface area contributed by atoms with Crippen molar-refractivity contribution in [1.82, 2.24) is 0 Å². The number of carboxylic acids is 1. The van der Waals surface area contributed by atoms with Crippen LogP contribution in [-0.4, -0.2) is 76.4 Å². The summed E-state index contributed by atoms with van der Waals surface area (Å²) in [5.74, 6) is -5.29. The van der Waals surface area contributed by atoms with Crippen LogP contribution in [0.15, 0.2) is 159 Å². The average molecular weight is 1120 g/mol. The zero-order valence-corrected chi connectivity index (χ0v) is 48.6. The molecule has 0 saturated carbocycles. The number of aromatic hydroxyl groups is 1. The van der Waals surface area contributed by atoms with Gasteiger partial charge in [-0.1, -0.05) is 41.5 Å². The third-order valence-corrected chi connectivity index (χ3v) is 12.7. The fourth-order valence-electron chi connectivity index (χ4n) is 6.64. The van der Waals surface area contributed by atoms with E-state index in [1.165, 1.54) is 45.6 Å². The molecule has 0 fully saturated rings. The zero-order chi connectivity index (χ0) is 53.2.